The Kier molecular flexibility index (Phi) is 9.41. The summed E-state index contributed by atoms with van der Waals surface area (Å²) in [4.78, 5) is 8.54. The number of furan rings is 1. The van der Waals surface area contributed by atoms with Gasteiger partial charge in [-0.2, -0.15) is 5.26 Å². The summed E-state index contributed by atoms with van der Waals surface area (Å²) < 4.78 is 70.6. The number of rotatable bonds is 6. The van der Waals surface area contributed by atoms with E-state index in [0.717, 1.165) is 27.8 Å². The second-order valence-corrected chi connectivity index (χ2v) is 17.3. The Morgan fingerprint density at radius 3 is 2.07 bits per heavy atom. The summed E-state index contributed by atoms with van der Waals surface area (Å²) in [5.74, 6) is -0.397. The minimum atomic E-state index is -2.78. The predicted molar refractivity (Wildman–Crippen MR) is 227 cm³/mol. The molecule has 9 rings (SSSR count). The Balaban J connectivity index is 0.000000394. The van der Waals surface area contributed by atoms with E-state index in [1.54, 1.807) is 30.5 Å². The van der Waals surface area contributed by atoms with Crippen molar-refractivity contribution in [3.05, 3.63) is 199 Å². The van der Waals surface area contributed by atoms with E-state index in [2.05, 4.69) is 34.7 Å². The molecule has 0 saturated carbocycles. The summed E-state index contributed by atoms with van der Waals surface area (Å²) in [6.45, 7) is -3.26. The molecule has 0 saturated heterocycles. The van der Waals surface area contributed by atoms with Gasteiger partial charge in [0.05, 0.1) is 17.2 Å². The summed E-state index contributed by atoms with van der Waals surface area (Å²) in [6, 6.07) is 55.2. The van der Waals surface area contributed by atoms with E-state index < -0.39 is 27.6 Å². The molecule has 0 N–H and O–H groups in total. The molecular weight excluding hydrogens is 898 g/mol. The van der Waals surface area contributed by atoms with Gasteiger partial charge in [-0.25, -0.2) is 4.39 Å². The normalized spacial score (nSPS) is 13.0. The Hall–Kier alpha value is -6.29. The zero-order valence-electron chi connectivity index (χ0n) is 36.5. The Morgan fingerprint density at radius 1 is 0.702 bits per heavy atom. The molecule has 7 heteroatoms. The third kappa shape index (κ3) is 7.51. The maximum atomic E-state index is 16.6. The van der Waals surface area contributed by atoms with Crippen LogP contribution in [0.2, 0.25) is 6.55 Å². The van der Waals surface area contributed by atoms with Crippen molar-refractivity contribution in [3.63, 3.8) is 0 Å². The molecule has 4 nitrogen and oxygen atoms in total. The third-order valence-corrected chi connectivity index (χ3v) is 14.5. The van der Waals surface area contributed by atoms with Crippen LogP contribution in [-0.4, -0.2) is 18.0 Å². The fourth-order valence-electron chi connectivity index (χ4n) is 7.14. The van der Waals surface area contributed by atoms with Gasteiger partial charge in [-0.05, 0) is 70.0 Å². The molecule has 0 aliphatic rings. The number of aromatic nitrogens is 2. The van der Waals surface area contributed by atoms with E-state index in [1.165, 1.54) is 12.1 Å². The smallest absolute Gasteiger partial charge is 0.149 e. The van der Waals surface area contributed by atoms with Gasteiger partial charge in [-0.1, -0.05) is 120 Å². The van der Waals surface area contributed by atoms with E-state index in [0.29, 0.717) is 43.8 Å². The molecule has 3 aromatic heterocycles. The number of halogens is 1. The first kappa shape index (κ1) is 31.9. The van der Waals surface area contributed by atoms with Crippen LogP contribution >= 0.6 is 0 Å². The minimum Gasteiger partial charge on any atom is -0.500 e. The second kappa shape index (κ2) is 16.8. The Labute approximate surface area is 355 Å². The number of fused-ring (bicyclic) bond motifs is 3. The largest absolute Gasteiger partial charge is 0.500 e. The molecule has 0 fully saturated rings. The number of hydrogen-bond acceptors (Lipinski definition) is 4. The zero-order chi connectivity index (χ0) is 43.6. The molecule has 279 valence electrons. The topological polar surface area (TPSA) is 62.7 Å². The van der Waals surface area contributed by atoms with Gasteiger partial charge in [0, 0.05) is 51.7 Å². The number of hydrogen-bond donors (Lipinski definition) is 0. The zero-order valence-corrected chi connectivity index (χ0v) is 33.9. The first-order valence-electron chi connectivity index (χ1n) is 20.9. The standard InChI is InChI=1S/C39H28FN2OSi.C11H8N.Ir/c1-25-21-35(42-24-26(25)2)33-16-10-15-31-32-19-17-28(23-41)37(39(32)43-38(31)33)27-18-20-36(34(40)22-27)44(3,29-11-6-4-7-12-29)30-13-8-5-9-14-30;1-2-6-10(7-3-1)11-8-4-5-9-12-11;/h4-15,17-22,24H,1-3H3;1-6,8-9H;/q2*-1;/i1D3,2D3;;. The fraction of sp³-hybridized carbons (Fsp3) is 0.0600. The number of pyridine rings is 2. The van der Waals surface area contributed by atoms with Crippen LogP contribution in [-0.2, 0) is 20.1 Å². The summed E-state index contributed by atoms with van der Waals surface area (Å²) in [5.41, 5.74) is 3.60. The molecule has 3 heterocycles. The van der Waals surface area contributed by atoms with Crippen LogP contribution in [0.5, 0.6) is 0 Å². The van der Waals surface area contributed by atoms with Crippen molar-refractivity contribution >= 4 is 45.6 Å². The second-order valence-electron chi connectivity index (χ2n) is 13.3. The number of nitriles is 1. The molecule has 0 bridgehead atoms. The Morgan fingerprint density at radius 2 is 1.42 bits per heavy atom. The van der Waals surface area contributed by atoms with Crippen LogP contribution < -0.4 is 15.6 Å². The van der Waals surface area contributed by atoms with Gasteiger partial charge in [0.15, 0.2) is 0 Å². The maximum Gasteiger partial charge on any atom is 0.149 e. The summed E-state index contributed by atoms with van der Waals surface area (Å²) in [7, 11) is -2.78. The molecule has 0 amide bonds. The van der Waals surface area contributed by atoms with Gasteiger partial charge >= 0.3 is 0 Å². The molecule has 0 aliphatic heterocycles. The molecule has 0 unspecified atom stereocenters. The van der Waals surface area contributed by atoms with Crippen molar-refractivity contribution in [1.29, 1.82) is 5.26 Å². The summed E-state index contributed by atoms with van der Waals surface area (Å²) >= 11 is 0. The van der Waals surface area contributed by atoms with Crippen LogP contribution in [0.15, 0.2) is 168 Å². The first-order chi connectivity index (χ1) is 29.8. The maximum absolute atomic E-state index is 16.6. The van der Waals surface area contributed by atoms with Crippen molar-refractivity contribution in [2.45, 2.75) is 20.3 Å². The monoisotopic (exact) mass is 940 g/mol. The summed E-state index contributed by atoms with van der Waals surface area (Å²) in [6.07, 6.45) is 2.85. The van der Waals surface area contributed by atoms with Crippen molar-refractivity contribution in [2.75, 3.05) is 0 Å². The van der Waals surface area contributed by atoms with Gasteiger partial charge in [0.25, 0.3) is 0 Å². The van der Waals surface area contributed by atoms with E-state index in [9.17, 15) is 5.26 Å². The van der Waals surface area contributed by atoms with Crippen LogP contribution in [0, 0.1) is 43.0 Å². The molecule has 57 heavy (non-hydrogen) atoms. The number of nitrogens with zero attached hydrogens (tertiary/aromatic N) is 3. The number of aryl methyl sites for hydroxylation is 2. The van der Waals surface area contributed by atoms with Crippen LogP contribution in [0.1, 0.15) is 24.9 Å². The van der Waals surface area contributed by atoms with E-state index >= 15 is 4.39 Å². The summed E-state index contributed by atoms with van der Waals surface area (Å²) in [5, 5.41) is 14.2. The van der Waals surface area contributed by atoms with Gasteiger partial charge < -0.3 is 14.4 Å². The average molecular weight is 940 g/mol. The van der Waals surface area contributed by atoms with E-state index in [4.69, 9.17) is 12.6 Å². The van der Waals surface area contributed by atoms with Crippen LogP contribution in [0.3, 0.4) is 0 Å². The van der Waals surface area contributed by atoms with Gasteiger partial charge in [0.2, 0.25) is 0 Å². The van der Waals surface area contributed by atoms with Gasteiger partial charge in [0.1, 0.15) is 19.5 Å². The molecule has 1 radical (unpaired) electrons. The van der Waals surface area contributed by atoms with Crippen LogP contribution in [0.25, 0.3) is 55.6 Å². The van der Waals surface area contributed by atoms with Crippen LogP contribution in [0.4, 0.5) is 4.39 Å². The van der Waals surface area contributed by atoms with Crippen molar-refractivity contribution in [2.24, 2.45) is 0 Å². The molecule has 0 atom stereocenters. The van der Waals surface area contributed by atoms with E-state index in [-0.39, 0.29) is 42.5 Å². The molecule has 9 aromatic rings. The Bertz CT molecular complexity index is 3010. The molecule has 0 spiro atoms. The molecule has 0 aliphatic carbocycles. The number of benzene rings is 6. The van der Waals surface area contributed by atoms with Crippen molar-refractivity contribution in [3.8, 4) is 39.7 Å². The fourth-order valence-corrected chi connectivity index (χ4v) is 10.8. The minimum absolute atomic E-state index is 0. The van der Waals surface area contributed by atoms with Crippen molar-refractivity contribution < 1.29 is 37.1 Å². The third-order valence-electron chi connectivity index (χ3n) is 10.0. The van der Waals surface area contributed by atoms with Gasteiger partial charge in [-0.15, -0.1) is 54.1 Å². The average Bonchev–Trinajstić information content (AvgIpc) is 3.68. The van der Waals surface area contributed by atoms with Gasteiger partial charge in [-0.3, -0.25) is 0 Å². The quantitative estimate of drug-likeness (QED) is 0.0947. The molecule has 6 aromatic carbocycles. The van der Waals surface area contributed by atoms with Crippen molar-refractivity contribution in [1.82, 2.24) is 9.97 Å². The first-order valence-corrected chi connectivity index (χ1v) is 20.4. The van der Waals surface area contributed by atoms with E-state index in [1.807, 2.05) is 115 Å². The SMILES string of the molecule is [2H]C([2H])([2H])c1cnc(-c2[c-]ccc3c2oc2c(-c4ccc([Si](C)(c5ccccc5)c5ccccc5)c(F)c4)c(C#N)ccc23)cc1C([2H])([2H])[2H].[Ir].[c-]1ccccc1-c1ccccn1. The predicted octanol–water partition coefficient (Wildman–Crippen LogP) is 10.4. The molecular formula is C50H36FIrN3OSi-2.